The van der Waals surface area contributed by atoms with Crippen LogP contribution in [0, 0.1) is 11.2 Å². The molecule has 0 bridgehead atoms. The quantitative estimate of drug-likeness (QED) is 0.905. The summed E-state index contributed by atoms with van der Waals surface area (Å²) in [5.74, 6) is -0.274. The van der Waals surface area contributed by atoms with E-state index in [9.17, 15) is 4.39 Å². The van der Waals surface area contributed by atoms with Gasteiger partial charge in [0, 0.05) is 36.7 Å². The van der Waals surface area contributed by atoms with E-state index in [4.69, 9.17) is 11.6 Å². The molecule has 0 saturated carbocycles. The van der Waals surface area contributed by atoms with E-state index >= 15 is 0 Å². The Morgan fingerprint density at radius 1 is 1.38 bits per heavy atom. The number of halogens is 2. The third-order valence-corrected chi connectivity index (χ3v) is 4.79. The van der Waals surface area contributed by atoms with Crippen molar-refractivity contribution < 1.29 is 4.39 Å². The summed E-state index contributed by atoms with van der Waals surface area (Å²) in [7, 11) is 0. The van der Waals surface area contributed by atoms with Gasteiger partial charge in [-0.1, -0.05) is 45.4 Å². The van der Waals surface area contributed by atoms with Crippen LogP contribution in [0.5, 0.6) is 0 Å². The molecule has 1 aliphatic heterocycles. The molecule has 0 aromatic heterocycles. The minimum atomic E-state index is -0.274. The summed E-state index contributed by atoms with van der Waals surface area (Å²) >= 11 is 6.18. The van der Waals surface area contributed by atoms with Crippen LogP contribution in [0.4, 0.5) is 4.39 Å². The summed E-state index contributed by atoms with van der Waals surface area (Å²) in [5, 5.41) is 4.19. The second kappa shape index (κ2) is 6.64. The molecule has 1 heterocycles. The number of benzene rings is 1. The highest BCUT2D eigenvalue weighted by Crippen LogP contribution is 2.27. The Hall–Kier alpha value is -0.640. The lowest BCUT2D eigenvalue weighted by Crippen LogP contribution is -2.59. The molecule has 2 rings (SSSR count). The highest BCUT2D eigenvalue weighted by molar-refractivity contribution is 6.31. The SMILES string of the molecule is CCC1CNC(C(C)(C)C)CN1Cc1ccc(F)cc1Cl. The van der Waals surface area contributed by atoms with Crippen molar-refractivity contribution in [2.75, 3.05) is 13.1 Å². The van der Waals surface area contributed by atoms with E-state index in [0.717, 1.165) is 31.6 Å². The van der Waals surface area contributed by atoms with Crippen molar-refractivity contribution in [1.29, 1.82) is 0 Å². The summed E-state index contributed by atoms with van der Waals surface area (Å²) in [5.41, 5.74) is 1.23. The molecule has 21 heavy (non-hydrogen) atoms. The largest absolute Gasteiger partial charge is 0.311 e. The zero-order valence-electron chi connectivity index (χ0n) is 13.4. The monoisotopic (exact) mass is 312 g/mol. The zero-order chi connectivity index (χ0) is 15.6. The molecule has 1 N–H and O–H groups in total. The van der Waals surface area contributed by atoms with Gasteiger partial charge in [-0.3, -0.25) is 4.90 Å². The zero-order valence-corrected chi connectivity index (χ0v) is 14.2. The molecule has 1 saturated heterocycles. The number of hydrogen-bond donors (Lipinski definition) is 1. The Morgan fingerprint density at radius 3 is 2.67 bits per heavy atom. The van der Waals surface area contributed by atoms with Gasteiger partial charge < -0.3 is 5.32 Å². The lowest BCUT2D eigenvalue weighted by molar-refractivity contribution is 0.0775. The summed E-state index contributed by atoms with van der Waals surface area (Å²) in [4.78, 5) is 2.48. The molecule has 1 aromatic rings. The standard InChI is InChI=1S/C17H26ClFN2/c1-5-14-9-20-16(17(2,3)4)11-21(14)10-12-6-7-13(19)8-15(12)18/h6-8,14,16,20H,5,9-11H2,1-4H3. The lowest BCUT2D eigenvalue weighted by Gasteiger charge is -2.45. The second-order valence-corrected chi connectivity index (χ2v) is 7.46. The third kappa shape index (κ3) is 4.18. The maximum absolute atomic E-state index is 13.2. The second-order valence-electron chi connectivity index (χ2n) is 7.05. The van der Waals surface area contributed by atoms with Crippen LogP contribution in [0.2, 0.25) is 5.02 Å². The van der Waals surface area contributed by atoms with Crippen molar-refractivity contribution >= 4 is 11.6 Å². The van der Waals surface area contributed by atoms with Crippen molar-refractivity contribution in [2.24, 2.45) is 5.41 Å². The molecule has 0 spiro atoms. The molecule has 4 heteroatoms. The topological polar surface area (TPSA) is 15.3 Å². The predicted octanol–water partition coefficient (Wildman–Crippen LogP) is 4.08. The van der Waals surface area contributed by atoms with Crippen molar-refractivity contribution in [2.45, 2.75) is 52.7 Å². The molecule has 1 fully saturated rings. The number of piperazine rings is 1. The molecule has 1 aliphatic rings. The maximum atomic E-state index is 13.2. The van der Waals surface area contributed by atoms with Crippen LogP contribution >= 0.6 is 11.6 Å². The van der Waals surface area contributed by atoms with Gasteiger partial charge in [0.15, 0.2) is 0 Å². The smallest absolute Gasteiger partial charge is 0.124 e. The van der Waals surface area contributed by atoms with Gasteiger partial charge in [0.2, 0.25) is 0 Å². The fourth-order valence-corrected chi connectivity index (χ4v) is 3.13. The van der Waals surface area contributed by atoms with Crippen LogP contribution in [-0.2, 0) is 6.54 Å². The third-order valence-electron chi connectivity index (χ3n) is 4.44. The van der Waals surface area contributed by atoms with Gasteiger partial charge in [0.1, 0.15) is 5.82 Å². The average molecular weight is 313 g/mol. The van der Waals surface area contributed by atoms with Gasteiger partial charge >= 0.3 is 0 Å². The summed E-state index contributed by atoms with van der Waals surface area (Å²) < 4.78 is 13.2. The Labute approximate surface area is 132 Å². The Balaban J connectivity index is 2.14. The van der Waals surface area contributed by atoms with E-state index in [0.29, 0.717) is 17.1 Å². The first kappa shape index (κ1) is 16.7. The normalized spacial score (nSPS) is 24.3. The van der Waals surface area contributed by atoms with E-state index in [1.807, 2.05) is 0 Å². The van der Waals surface area contributed by atoms with Crippen molar-refractivity contribution in [1.82, 2.24) is 10.2 Å². The molecule has 118 valence electrons. The Morgan fingerprint density at radius 2 is 2.10 bits per heavy atom. The van der Waals surface area contributed by atoms with Gasteiger partial charge in [-0.2, -0.15) is 0 Å². The first-order valence-electron chi connectivity index (χ1n) is 7.72. The molecule has 0 amide bonds. The van der Waals surface area contributed by atoms with E-state index in [-0.39, 0.29) is 11.2 Å². The van der Waals surface area contributed by atoms with Crippen LogP contribution < -0.4 is 5.32 Å². The molecule has 2 nitrogen and oxygen atoms in total. The number of hydrogen-bond acceptors (Lipinski definition) is 2. The van der Waals surface area contributed by atoms with Gasteiger partial charge in [0.25, 0.3) is 0 Å². The number of nitrogens with one attached hydrogen (secondary N) is 1. The first-order chi connectivity index (χ1) is 9.81. The first-order valence-corrected chi connectivity index (χ1v) is 8.10. The fraction of sp³-hybridized carbons (Fsp3) is 0.647. The molecule has 0 radical (unpaired) electrons. The Bertz CT molecular complexity index is 484. The predicted molar refractivity (Wildman–Crippen MR) is 87.1 cm³/mol. The van der Waals surface area contributed by atoms with Gasteiger partial charge in [-0.15, -0.1) is 0 Å². The summed E-state index contributed by atoms with van der Waals surface area (Å²) in [6.45, 7) is 11.8. The summed E-state index contributed by atoms with van der Waals surface area (Å²) in [6.07, 6.45) is 1.10. The molecular weight excluding hydrogens is 287 g/mol. The van der Waals surface area contributed by atoms with Crippen molar-refractivity contribution in [3.8, 4) is 0 Å². The molecule has 0 aliphatic carbocycles. The van der Waals surface area contributed by atoms with Crippen LogP contribution in [0.3, 0.4) is 0 Å². The molecule has 1 aromatic carbocycles. The molecule has 2 unspecified atom stereocenters. The van der Waals surface area contributed by atoms with Crippen LogP contribution in [0.25, 0.3) is 0 Å². The highest BCUT2D eigenvalue weighted by atomic mass is 35.5. The average Bonchev–Trinajstić information content (AvgIpc) is 2.41. The lowest BCUT2D eigenvalue weighted by atomic mass is 9.84. The van der Waals surface area contributed by atoms with Crippen LogP contribution in [0.15, 0.2) is 18.2 Å². The van der Waals surface area contributed by atoms with E-state index < -0.39 is 0 Å². The van der Waals surface area contributed by atoms with Gasteiger partial charge in [-0.25, -0.2) is 4.39 Å². The number of rotatable bonds is 3. The fourth-order valence-electron chi connectivity index (χ4n) is 2.90. The summed E-state index contributed by atoms with van der Waals surface area (Å²) in [6, 6.07) is 5.66. The Kier molecular flexibility index (Phi) is 5.29. The van der Waals surface area contributed by atoms with Crippen LogP contribution in [0.1, 0.15) is 39.7 Å². The van der Waals surface area contributed by atoms with Gasteiger partial charge in [0.05, 0.1) is 0 Å². The van der Waals surface area contributed by atoms with Crippen LogP contribution in [-0.4, -0.2) is 30.1 Å². The van der Waals surface area contributed by atoms with Gasteiger partial charge in [-0.05, 0) is 29.5 Å². The highest BCUT2D eigenvalue weighted by Gasteiger charge is 2.33. The minimum absolute atomic E-state index is 0.226. The maximum Gasteiger partial charge on any atom is 0.124 e. The van der Waals surface area contributed by atoms with Crippen molar-refractivity contribution in [3.05, 3.63) is 34.6 Å². The molecule has 2 atom stereocenters. The van der Waals surface area contributed by atoms with E-state index in [1.165, 1.54) is 12.1 Å². The van der Waals surface area contributed by atoms with Crippen molar-refractivity contribution in [3.63, 3.8) is 0 Å². The molecular formula is C17H26ClFN2. The van der Waals surface area contributed by atoms with E-state index in [2.05, 4.69) is 37.9 Å². The minimum Gasteiger partial charge on any atom is -0.311 e. The van der Waals surface area contributed by atoms with E-state index in [1.54, 1.807) is 6.07 Å². The number of nitrogens with zero attached hydrogens (tertiary/aromatic N) is 1.